The number of hydrazine groups is 1. The number of hydrogen-bond donors (Lipinski definition) is 3. The van der Waals surface area contributed by atoms with E-state index >= 15 is 0 Å². The van der Waals surface area contributed by atoms with Gasteiger partial charge in [0.25, 0.3) is 0 Å². The molecule has 0 atom stereocenters. The Kier molecular flexibility index (Phi) is 4.77. The van der Waals surface area contributed by atoms with Crippen molar-refractivity contribution in [2.45, 2.75) is 0 Å². The van der Waals surface area contributed by atoms with Gasteiger partial charge in [-0.3, -0.25) is 5.43 Å². The fourth-order valence-electron chi connectivity index (χ4n) is 1.42. The van der Waals surface area contributed by atoms with Gasteiger partial charge in [0.1, 0.15) is 17.4 Å². The minimum atomic E-state index is 0.302. The van der Waals surface area contributed by atoms with Crippen molar-refractivity contribution in [3.8, 4) is 5.75 Å². The number of nitrogens with one attached hydrogen (secondary N) is 2. The van der Waals surface area contributed by atoms with E-state index in [-0.39, 0.29) is 0 Å². The Labute approximate surface area is 115 Å². The van der Waals surface area contributed by atoms with Crippen LogP contribution in [-0.2, 0) is 0 Å². The summed E-state index contributed by atoms with van der Waals surface area (Å²) in [5.41, 5.74) is 2.36. The van der Waals surface area contributed by atoms with Gasteiger partial charge in [0, 0.05) is 0 Å². The number of benzene rings is 1. The standard InChI is InChI=1S/C12H14ClN5O/c13-10-8-16-12(18-14)17-11(10)15-6-7-19-9-4-2-1-3-5-9/h1-5,8H,6-7,14H2,(H2,15,16,17,18). The third-order valence-corrected chi connectivity index (χ3v) is 2.56. The lowest BCUT2D eigenvalue weighted by Crippen LogP contribution is -2.15. The van der Waals surface area contributed by atoms with Crippen molar-refractivity contribution in [3.63, 3.8) is 0 Å². The van der Waals surface area contributed by atoms with E-state index in [1.807, 2.05) is 30.3 Å². The minimum absolute atomic E-state index is 0.302. The number of para-hydroxylation sites is 1. The maximum atomic E-state index is 5.95. The summed E-state index contributed by atoms with van der Waals surface area (Å²) in [7, 11) is 0. The highest BCUT2D eigenvalue weighted by Crippen LogP contribution is 2.18. The van der Waals surface area contributed by atoms with Crippen molar-refractivity contribution in [1.82, 2.24) is 9.97 Å². The third kappa shape index (κ3) is 3.97. The largest absolute Gasteiger partial charge is 0.492 e. The second kappa shape index (κ2) is 6.77. The smallest absolute Gasteiger partial charge is 0.239 e. The number of rotatable bonds is 6. The number of halogens is 1. The van der Waals surface area contributed by atoms with Crippen LogP contribution in [0.2, 0.25) is 5.02 Å². The molecule has 0 aliphatic carbocycles. The first-order valence-electron chi connectivity index (χ1n) is 5.70. The van der Waals surface area contributed by atoms with Crippen molar-refractivity contribution in [2.75, 3.05) is 23.9 Å². The van der Waals surface area contributed by atoms with Crippen LogP contribution in [0.4, 0.5) is 11.8 Å². The molecule has 4 N–H and O–H groups in total. The summed E-state index contributed by atoms with van der Waals surface area (Å²) in [5.74, 6) is 6.87. The zero-order valence-corrected chi connectivity index (χ0v) is 10.9. The number of nitrogens with two attached hydrogens (primary N) is 1. The number of ether oxygens (including phenoxy) is 1. The van der Waals surface area contributed by atoms with E-state index in [4.69, 9.17) is 22.2 Å². The molecule has 0 saturated carbocycles. The molecule has 0 amide bonds. The summed E-state index contributed by atoms with van der Waals surface area (Å²) in [5, 5.41) is 3.48. The van der Waals surface area contributed by atoms with Gasteiger partial charge in [0.05, 0.1) is 12.7 Å². The van der Waals surface area contributed by atoms with E-state index in [1.54, 1.807) is 0 Å². The van der Waals surface area contributed by atoms with Gasteiger partial charge in [-0.25, -0.2) is 10.8 Å². The number of hydrogen-bond acceptors (Lipinski definition) is 6. The van der Waals surface area contributed by atoms with Crippen LogP contribution in [0.1, 0.15) is 0 Å². The summed E-state index contributed by atoms with van der Waals surface area (Å²) in [6.45, 7) is 1.06. The van der Waals surface area contributed by atoms with Gasteiger partial charge in [-0.05, 0) is 12.1 Å². The van der Waals surface area contributed by atoms with Crippen LogP contribution in [0.5, 0.6) is 5.75 Å². The highest BCUT2D eigenvalue weighted by molar-refractivity contribution is 6.32. The van der Waals surface area contributed by atoms with E-state index in [1.165, 1.54) is 6.20 Å². The average Bonchev–Trinajstić information content (AvgIpc) is 2.46. The number of nitrogens with zero attached hydrogens (tertiary/aromatic N) is 2. The summed E-state index contributed by atoms with van der Waals surface area (Å²) < 4.78 is 5.53. The Morgan fingerprint density at radius 2 is 2.05 bits per heavy atom. The second-order valence-electron chi connectivity index (χ2n) is 3.62. The fourth-order valence-corrected chi connectivity index (χ4v) is 1.57. The topological polar surface area (TPSA) is 85.1 Å². The Morgan fingerprint density at radius 1 is 1.26 bits per heavy atom. The molecule has 2 aromatic rings. The molecule has 2 rings (SSSR count). The van der Waals surface area contributed by atoms with Gasteiger partial charge >= 0.3 is 0 Å². The molecule has 0 aliphatic heterocycles. The van der Waals surface area contributed by atoms with Crippen LogP contribution in [0.3, 0.4) is 0 Å². The quantitative estimate of drug-likeness (QED) is 0.425. The van der Waals surface area contributed by atoms with Gasteiger partial charge in [0.2, 0.25) is 5.95 Å². The molecule has 6 nitrogen and oxygen atoms in total. The second-order valence-corrected chi connectivity index (χ2v) is 4.03. The molecule has 0 radical (unpaired) electrons. The molecule has 0 spiro atoms. The van der Waals surface area contributed by atoms with Gasteiger partial charge in [-0.15, -0.1) is 0 Å². The molecular formula is C12H14ClN5O. The number of aromatic nitrogens is 2. The maximum Gasteiger partial charge on any atom is 0.239 e. The van der Waals surface area contributed by atoms with Crippen LogP contribution in [-0.4, -0.2) is 23.1 Å². The zero-order chi connectivity index (χ0) is 13.5. The molecule has 1 aromatic heterocycles. The molecule has 0 fully saturated rings. The molecule has 7 heteroatoms. The number of nitrogen functional groups attached to an aromatic ring is 1. The van der Waals surface area contributed by atoms with Gasteiger partial charge < -0.3 is 10.1 Å². The predicted octanol–water partition coefficient (Wildman–Crippen LogP) is 1.91. The van der Waals surface area contributed by atoms with Crippen molar-refractivity contribution in [3.05, 3.63) is 41.6 Å². The molecule has 0 aliphatic rings. The van der Waals surface area contributed by atoms with Crippen LogP contribution in [0, 0.1) is 0 Å². The van der Waals surface area contributed by atoms with E-state index in [0.717, 1.165) is 5.75 Å². The summed E-state index contributed by atoms with van der Waals surface area (Å²) in [6, 6.07) is 9.57. The first-order chi connectivity index (χ1) is 9.29. The van der Waals surface area contributed by atoms with Crippen LogP contribution < -0.4 is 21.3 Å². The van der Waals surface area contributed by atoms with Crippen molar-refractivity contribution >= 4 is 23.4 Å². The van der Waals surface area contributed by atoms with Gasteiger partial charge in [-0.1, -0.05) is 29.8 Å². The van der Waals surface area contributed by atoms with E-state index in [2.05, 4.69) is 20.7 Å². The SMILES string of the molecule is NNc1ncc(Cl)c(NCCOc2ccccc2)n1. The van der Waals surface area contributed by atoms with E-state index in [9.17, 15) is 0 Å². The first-order valence-corrected chi connectivity index (χ1v) is 6.08. The predicted molar refractivity (Wildman–Crippen MR) is 75.3 cm³/mol. The fraction of sp³-hybridized carbons (Fsp3) is 0.167. The maximum absolute atomic E-state index is 5.95. The van der Waals surface area contributed by atoms with Crippen LogP contribution >= 0.6 is 11.6 Å². The normalized spacial score (nSPS) is 10.0. The Hall–Kier alpha value is -2.05. The molecular weight excluding hydrogens is 266 g/mol. The molecule has 0 bridgehead atoms. The summed E-state index contributed by atoms with van der Waals surface area (Å²) in [6.07, 6.45) is 1.48. The van der Waals surface area contributed by atoms with Gasteiger partial charge in [0.15, 0.2) is 5.82 Å². The summed E-state index contributed by atoms with van der Waals surface area (Å²) >= 11 is 5.95. The monoisotopic (exact) mass is 279 g/mol. The lowest BCUT2D eigenvalue weighted by molar-refractivity contribution is 0.333. The lowest BCUT2D eigenvalue weighted by atomic mass is 10.3. The molecule has 19 heavy (non-hydrogen) atoms. The van der Waals surface area contributed by atoms with E-state index < -0.39 is 0 Å². The summed E-state index contributed by atoms with van der Waals surface area (Å²) in [4.78, 5) is 7.97. The number of anilines is 2. The lowest BCUT2D eigenvalue weighted by Gasteiger charge is -2.09. The van der Waals surface area contributed by atoms with Crippen molar-refractivity contribution < 1.29 is 4.74 Å². The van der Waals surface area contributed by atoms with Crippen LogP contribution in [0.25, 0.3) is 0 Å². The van der Waals surface area contributed by atoms with E-state index in [0.29, 0.717) is 29.9 Å². The zero-order valence-electron chi connectivity index (χ0n) is 10.1. The average molecular weight is 280 g/mol. The molecule has 1 heterocycles. The van der Waals surface area contributed by atoms with Crippen LogP contribution in [0.15, 0.2) is 36.5 Å². The van der Waals surface area contributed by atoms with Gasteiger partial charge in [-0.2, -0.15) is 4.98 Å². The molecule has 0 saturated heterocycles. The highest BCUT2D eigenvalue weighted by Gasteiger charge is 2.03. The molecule has 1 aromatic carbocycles. The molecule has 0 unspecified atom stereocenters. The van der Waals surface area contributed by atoms with Crippen molar-refractivity contribution in [2.24, 2.45) is 5.84 Å². The highest BCUT2D eigenvalue weighted by atomic mass is 35.5. The minimum Gasteiger partial charge on any atom is -0.492 e. The Bertz CT molecular complexity index is 523. The van der Waals surface area contributed by atoms with Crippen molar-refractivity contribution in [1.29, 1.82) is 0 Å². The Balaban J connectivity index is 1.82. The third-order valence-electron chi connectivity index (χ3n) is 2.28. The molecule has 100 valence electrons. The first kappa shape index (κ1) is 13.4. The Morgan fingerprint density at radius 3 is 2.79 bits per heavy atom.